The number of nitrogens with one attached hydrogen (secondary N) is 1. The molecule has 2 rings (SSSR count). The Labute approximate surface area is 96.7 Å². The number of aromatic nitrogens is 2. The van der Waals surface area contributed by atoms with Crippen LogP contribution in [0.5, 0.6) is 0 Å². The normalized spacial score (nSPS) is 20.4. The fourth-order valence-electron chi connectivity index (χ4n) is 2.28. The molecule has 1 aromatic heterocycles. The van der Waals surface area contributed by atoms with Crippen LogP contribution >= 0.6 is 0 Å². The Bertz CT molecular complexity index is 301. The summed E-state index contributed by atoms with van der Waals surface area (Å²) in [5.74, 6) is 0. The molecule has 1 aromatic rings. The molecule has 1 saturated carbocycles. The van der Waals surface area contributed by atoms with Crippen molar-refractivity contribution in [2.24, 2.45) is 0 Å². The molecule has 1 heterocycles. The van der Waals surface area contributed by atoms with Gasteiger partial charge in [0.1, 0.15) is 0 Å². The second-order valence-electron chi connectivity index (χ2n) is 4.75. The molecule has 0 radical (unpaired) electrons. The van der Waals surface area contributed by atoms with E-state index in [1.807, 2.05) is 12.3 Å². The molecule has 4 heteroatoms. The highest BCUT2D eigenvalue weighted by molar-refractivity contribution is 4.95. The SMILES string of the molecule is CCC1(NCC(O)Cn2cccn2)CCC1. The molecule has 16 heavy (non-hydrogen) atoms. The molecule has 1 aliphatic rings. The lowest BCUT2D eigenvalue weighted by Crippen LogP contribution is -2.53. The first-order chi connectivity index (χ1) is 7.74. The predicted octanol–water partition coefficient (Wildman–Crippen LogP) is 1.17. The van der Waals surface area contributed by atoms with E-state index in [2.05, 4.69) is 17.3 Å². The average molecular weight is 223 g/mol. The maximum atomic E-state index is 9.88. The highest BCUT2D eigenvalue weighted by Crippen LogP contribution is 2.34. The minimum absolute atomic E-state index is 0.311. The van der Waals surface area contributed by atoms with Gasteiger partial charge in [0.25, 0.3) is 0 Å². The number of β-amino-alcohol motifs (C(OH)–C–C–N with tert-alkyl or cyclic N) is 1. The highest BCUT2D eigenvalue weighted by Gasteiger charge is 2.34. The van der Waals surface area contributed by atoms with Crippen LogP contribution in [-0.4, -0.2) is 33.1 Å². The van der Waals surface area contributed by atoms with Crippen LogP contribution in [0.25, 0.3) is 0 Å². The van der Waals surface area contributed by atoms with Gasteiger partial charge >= 0.3 is 0 Å². The quantitative estimate of drug-likeness (QED) is 0.761. The molecule has 1 atom stereocenters. The van der Waals surface area contributed by atoms with Gasteiger partial charge in [-0.25, -0.2) is 0 Å². The van der Waals surface area contributed by atoms with Crippen molar-refractivity contribution in [2.75, 3.05) is 6.54 Å². The number of aliphatic hydroxyl groups excluding tert-OH is 1. The van der Waals surface area contributed by atoms with Crippen LogP contribution in [0.4, 0.5) is 0 Å². The van der Waals surface area contributed by atoms with Crippen LogP contribution in [0.3, 0.4) is 0 Å². The van der Waals surface area contributed by atoms with Crippen LogP contribution in [0.15, 0.2) is 18.5 Å². The Morgan fingerprint density at radius 2 is 2.38 bits per heavy atom. The summed E-state index contributed by atoms with van der Waals surface area (Å²) in [5, 5.41) is 17.5. The molecule has 90 valence electrons. The molecule has 1 unspecified atom stereocenters. The molecular formula is C12H21N3O. The second-order valence-corrected chi connectivity index (χ2v) is 4.75. The Morgan fingerprint density at radius 1 is 1.56 bits per heavy atom. The molecule has 0 amide bonds. The summed E-state index contributed by atoms with van der Waals surface area (Å²) in [4.78, 5) is 0. The summed E-state index contributed by atoms with van der Waals surface area (Å²) in [6, 6.07) is 1.87. The molecular weight excluding hydrogens is 202 g/mol. The van der Waals surface area contributed by atoms with Gasteiger partial charge in [-0.05, 0) is 31.7 Å². The van der Waals surface area contributed by atoms with Gasteiger partial charge in [-0.1, -0.05) is 6.92 Å². The lowest BCUT2D eigenvalue weighted by Gasteiger charge is -2.42. The van der Waals surface area contributed by atoms with Crippen LogP contribution in [0.2, 0.25) is 0 Å². The van der Waals surface area contributed by atoms with Crippen LogP contribution < -0.4 is 5.32 Å². The van der Waals surface area contributed by atoms with Crippen LogP contribution in [0.1, 0.15) is 32.6 Å². The lowest BCUT2D eigenvalue weighted by molar-refractivity contribution is 0.105. The third-order valence-corrected chi connectivity index (χ3v) is 3.66. The predicted molar refractivity (Wildman–Crippen MR) is 63.1 cm³/mol. The lowest BCUT2D eigenvalue weighted by atomic mass is 9.75. The van der Waals surface area contributed by atoms with Crippen molar-refractivity contribution in [3.8, 4) is 0 Å². The molecule has 1 aliphatic carbocycles. The standard InChI is InChI=1S/C12H21N3O/c1-2-12(5-3-6-12)13-9-11(16)10-15-8-4-7-14-15/h4,7-8,11,13,16H,2-3,5-6,9-10H2,1H3. The van der Waals surface area contributed by atoms with Crippen molar-refractivity contribution >= 4 is 0 Å². The maximum Gasteiger partial charge on any atom is 0.0860 e. The largest absolute Gasteiger partial charge is 0.390 e. The molecule has 2 N–H and O–H groups in total. The Kier molecular flexibility index (Phi) is 3.61. The summed E-state index contributed by atoms with van der Waals surface area (Å²) in [5.41, 5.74) is 0.311. The van der Waals surface area contributed by atoms with Crippen molar-refractivity contribution in [2.45, 2.75) is 50.8 Å². The third-order valence-electron chi connectivity index (χ3n) is 3.66. The van der Waals surface area contributed by atoms with Gasteiger partial charge in [0.05, 0.1) is 12.6 Å². The fourth-order valence-corrected chi connectivity index (χ4v) is 2.28. The molecule has 4 nitrogen and oxygen atoms in total. The smallest absolute Gasteiger partial charge is 0.0860 e. The van der Waals surface area contributed by atoms with E-state index < -0.39 is 0 Å². The molecule has 0 aliphatic heterocycles. The van der Waals surface area contributed by atoms with Crippen molar-refractivity contribution in [3.05, 3.63) is 18.5 Å². The minimum Gasteiger partial charge on any atom is -0.390 e. The molecule has 0 spiro atoms. The van der Waals surface area contributed by atoms with Gasteiger partial charge in [0.2, 0.25) is 0 Å². The van der Waals surface area contributed by atoms with Crippen LogP contribution in [0, 0.1) is 0 Å². The van der Waals surface area contributed by atoms with Crippen molar-refractivity contribution in [1.82, 2.24) is 15.1 Å². The van der Waals surface area contributed by atoms with Gasteiger partial charge in [-0.15, -0.1) is 0 Å². The fraction of sp³-hybridized carbons (Fsp3) is 0.750. The van der Waals surface area contributed by atoms with Gasteiger partial charge in [-0.3, -0.25) is 4.68 Å². The molecule has 0 aromatic carbocycles. The Balaban J connectivity index is 1.73. The number of hydrogen-bond donors (Lipinski definition) is 2. The highest BCUT2D eigenvalue weighted by atomic mass is 16.3. The van der Waals surface area contributed by atoms with E-state index in [-0.39, 0.29) is 6.10 Å². The Hall–Kier alpha value is -0.870. The average Bonchev–Trinajstić information content (AvgIpc) is 2.69. The first-order valence-corrected chi connectivity index (χ1v) is 6.15. The van der Waals surface area contributed by atoms with Crippen molar-refractivity contribution in [3.63, 3.8) is 0 Å². The zero-order valence-electron chi connectivity index (χ0n) is 9.89. The summed E-state index contributed by atoms with van der Waals surface area (Å²) in [7, 11) is 0. The van der Waals surface area contributed by atoms with E-state index in [9.17, 15) is 5.11 Å². The van der Waals surface area contributed by atoms with E-state index in [0.717, 1.165) is 6.42 Å². The van der Waals surface area contributed by atoms with E-state index in [1.165, 1.54) is 19.3 Å². The van der Waals surface area contributed by atoms with E-state index in [0.29, 0.717) is 18.6 Å². The zero-order valence-corrected chi connectivity index (χ0v) is 9.89. The van der Waals surface area contributed by atoms with Gasteiger partial charge in [-0.2, -0.15) is 5.10 Å². The number of rotatable bonds is 6. The molecule has 1 fully saturated rings. The topological polar surface area (TPSA) is 50.1 Å². The molecule has 0 bridgehead atoms. The van der Waals surface area contributed by atoms with Crippen molar-refractivity contribution in [1.29, 1.82) is 0 Å². The summed E-state index contributed by atoms with van der Waals surface area (Å²) < 4.78 is 1.77. The number of nitrogens with zero attached hydrogens (tertiary/aromatic N) is 2. The van der Waals surface area contributed by atoms with E-state index in [4.69, 9.17) is 0 Å². The first-order valence-electron chi connectivity index (χ1n) is 6.15. The van der Waals surface area contributed by atoms with Crippen LogP contribution in [-0.2, 0) is 6.54 Å². The minimum atomic E-state index is -0.357. The van der Waals surface area contributed by atoms with E-state index in [1.54, 1.807) is 10.9 Å². The monoisotopic (exact) mass is 223 g/mol. The Morgan fingerprint density at radius 3 is 2.88 bits per heavy atom. The maximum absolute atomic E-state index is 9.88. The third kappa shape index (κ3) is 2.62. The second kappa shape index (κ2) is 4.97. The van der Waals surface area contributed by atoms with Gasteiger partial charge in [0.15, 0.2) is 0 Å². The summed E-state index contributed by atoms with van der Waals surface area (Å²) in [6.07, 6.45) is 8.22. The number of hydrogen-bond acceptors (Lipinski definition) is 3. The first kappa shape index (κ1) is 11.6. The summed E-state index contributed by atoms with van der Waals surface area (Å²) >= 11 is 0. The van der Waals surface area contributed by atoms with Gasteiger partial charge in [0, 0.05) is 24.5 Å². The zero-order chi connectivity index (χ0) is 11.4. The van der Waals surface area contributed by atoms with Gasteiger partial charge < -0.3 is 10.4 Å². The number of aliphatic hydroxyl groups is 1. The van der Waals surface area contributed by atoms with Crippen molar-refractivity contribution < 1.29 is 5.11 Å². The van der Waals surface area contributed by atoms with E-state index >= 15 is 0 Å². The summed E-state index contributed by atoms with van der Waals surface area (Å²) in [6.45, 7) is 3.44. The molecule has 0 saturated heterocycles.